The second-order valence-corrected chi connectivity index (χ2v) is 14.7. The number of ether oxygens (including phenoxy) is 5. The summed E-state index contributed by atoms with van der Waals surface area (Å²) in [5.74, 6) is 1.49. The molecular formula is C41H37F2N7O10. The fourth-order valence-electron chi connectivity index (χ4n) is 8.23. The van der Waals surface area contributed by atoms with Gasteiger partial charge in [-0.1, -0.05) is 12.0 Å². The summed E-state index contributed by atoms with van der Waals surface area (Å²) in [6, 6.07) is 9.73. The summed E-state index contributed by atoms with van der Waals surface area (Å²) in [4.78, 5) is 54.1. The Hall–Kier alpha value is -6.91. The molecule has 3 saturated heterocycles. The molecule has 0 saturated carbocycles. The van der Waals surface area contributed by atoms with Crippen LogP contribution in [0.25, 0.3) is 32.9 Å². The Morgan fingerprint density at radius 1 is 1.03 bits per heavy atom. The van der Waals surface area contributed by atoms with E-state index >= 15 is 8.78 Å². The summed E-state index contributed by atoms with van der Waals surface area (Å²) in [5, 5.41) is 21.8. The molecule has 0 spiro atoms. The number of carbonyl (C=O) groups is 2. The highest BCUT2D eigenvalue weighted by molar-refractivity contribution is 6.03. The molecule has 3 aliphatic heterocycles. The van der Waals surface area contributed by atoms with Crippen LogP contribution >= 0.6 is 0 Å². The predicted octanol–water partition coefficient (Wildman–Crippen LogP) is 5.99. The molecule has 8 rings (SSSR count). The number of likely N-dealkylation sites (N-methyl/N-ethyl adjacent to an activating group) is 1. The highest BCUT2D eigenvalue weighted by Crippen LogP contribution is 2.40. The third-order valence-electron chi connectivity index (χ3n) is 11.0. The van der Waals surface area contributed by atoms with Crippen LogP contribution in [0.2, 0.25) is 0 Å². The molecule has 2 unspecified atom stereocenters. The number of rotatable bonds is 11. The van der Waals surface area contributed by atoms with E-state index in [1.165, 1.54) is 60.7 Å². The van der Waals surface area contributed by atoms with E-state index in [9.17, 15) is 24.8 Å². The second kappa shape index (κ2) is 16.4. The number of benzene rings is 3. The lowest BCUT2D eigenvalue weighted by molar-refractivity contribution is -0.384. The molecule has 4 atom stereocenters. The van der Waals surface area contributed by atoms with E-state index in [4.69, 9.17) is 35.1 Å². The first-order valence-electron chi connectivity index (χ1n) is 18.9. The van der Waals surface area contributed by atoms with Crippen LogP contribution < -0.4 is 19.1 Å². The van der Waals surface area contributed by atoms with Crippen LogP contribution in [-0.2, 0) is 9.47 Å². The van der Waals surface area contributed by atoms with Crippen molar-refractivity contribution in [2.75, 3.05) is 52.1 Å². The zero-order valence-electron chi connectivity index (χ0n) is 32.2. The van der Waals surface area contributed by atoms with Crippen molar-refractivity contribution in [3.8, 4) is 41.1 Å². The van der Waals surface area contributed by atoms with Gasteiger partial charge in [0, 0.05) is 68.5 Å². The molecule has 19 heteroatoms. The Kier molecular flexibility index (Phi) is 10.9. The molecule has 5 aromatic rings. The molecule has 3 fully saturated rings. The normalized spacial score (nSPS) is 20.0. The molecule has 0 radical (unpaired) electrons. The lowest BCUT2D eigenvalue weighted by Gasteiger charge is -2.40. The van der Waals surface area contributed by atoms with Crippen molar-refractivity contribution in [1.82, 2.24) is 24.8 Å². The number of nitro groups is 1. The Morgan fingerprint density at radius 3 is 2.47 bits per heavy atom. The maximum absolute atomic E-state index is 17.2. The van der Waals surface area contributed by atoms with Gasteiger partial charge in [-0.05, 0) is 55.6 Å². The van der Waals surface area contributed by atoms with Gasteiger partial charge in [-0.15, -0.1) is 6.42 Å². The first-order valence-corrected chi connectivity index (χ1v) is 18.9. The first-order chi connectivity index (χ1) is 28.9. The number of pyridine rings is 1. The standard InChI is InChI=1S/C41H37F2N7O10/c1-4-30-33(42)12-5-22-13-28(58-21-56-3)15-31(34(22)30)36-35(43)37-32(16-44-36)38(48-17-24-6-7-25(18-48)49(24)40(51)52)46-39(45-37)57-20-26-14-29(19-47(26)2)60-41(53)59-27-10-8-23(9-11-27)50(54)55/h1,5,8-13,15-16,24-26,29H,6-7,14,17-21H2,2-3H3,(H,51,52)/t24?,25?,26-,29+/m0/s1. The van der Waals surface area contributed by atoms with Gasteiger partial charge < -0.3 is 33.7 Å². The molecule has 0 aliphatic carbocycles. The number of halogens is 2. The Morgan fingerprint density at radius 2 is 1.78 bits per heavy atom. The summed E-state index contributed by atoms with van der Waals surface area (Å²) in [6.07, 6.45) is 6.24. The molecule has 17 nitrogen and oxygen atoms in total. The summed E-state index contributed by atoms with van der Waals surface area (Å²) < 4.78 is 60.0. The SMILES string of the molecule is C#Cc1c(F)ccc2cc(OCOC)cc(-c3ncc4c(N5CC6CCC(C5)N6C(=O)O)nc(OC[C@@H]5C[C@@H](OC(=O)Oc6ccc([N+](=O)[O-])cc6)CN5C)nc4c3F)c12. The number of likely N-dealkylation sites (tertiary alicyclic amines) is 1. The molecule has 3 aromatic carbocycles. The highest BCUT2D eigenvalue weighted by Gasteiger charge is 2.44. The van der Waals surface area contributed by atoms with Gasteiger partial charge in [0.1, 0.15) is 47.1 Å². The minimum absolute atomic E-state index is 0.00460. The van der Waals surface area contributed by atoms with Crippen LogP contribution in [0.5, 0.6) is 17.5 Å². The number of piperazine rings is 1. The molecular weight excluding hydrogens is 788 g/mol. The average Bonchev–Trinajstić information content (AvgIpc) is 3.72. The second-order valence-electron chi connectivity index (χ2n) is 14.7. The number of aromatic nitrogens is 3. The number of hydrogen-bond donors (Lipinski definition) is 1. The van der Waals surface area contributed by atoms with Crippen molar-refractivity contribution in [2.24, 2.45) is 0 Å². The van der Waals surface area contributed by atoms with Crippen LogP contribution in [0.4, 0.5) is 29.9 Å². The smallest absolute Gasteiger partial charge is 0.468 e. The van der Waals surface area contributed by atoms with Gasteiger partial charge in [0.25, 0.3) is 5.69 Å². The number of methoxy groups -OCH3 is 1. The summed E-state index contributed by atoms with van der Waals surface area (Å²) in [7, 11) is 3.25. The largest absolute Gasteiger partial charge is 0.514 e. The van der Waals surface area contributed by atoms with Gasteiger partial charge in [-0.2, -0.15) is 9.97 Å². The fraction of sp³-hybridized carbons (Fsp3) is 0.341. The van der Waals surface area contributed by atoms with Gasteiger partial charge >= 0.3 is 18.3 Å². The molecule has 1 amide bonds. The maximum atomic E-state index is 17.2. The van der Waals surface area contributed by atoms with Crippen LogP contribution in [0.3, 0.4) is 0 Å². The Balaban J connectivity index is 1.11. The molecule has 310 valence electrons. The minimum Gasteiger partial charge on any atom is -0.468 e. The van der Waals surface area contributed by atoms with Gasteiger partial charge in [-0.25, -0.2) is 18.4 Å². The Bertz CT molecular complexity index is 2540. The van der Waals surface area contributed by atoms with Gasteiger partial charge in [0.15, 0.2) is 12.6 Å². The maximum Gasteiger partial charge on any atom is 0.514 e. The number of amides is 1. The van der Waals surface area contributed by atoms with E-state index in [2.05, 4.69) is 15.9 Å². The number of terminal acetylenes is 1. The zero-order chi connectivity index (χ0) is 42.2. The number of carbonyl (C=O) groups excluding carboxylic acids is 1. The van der Waals surface area contributed by atoms with Crippen molar-refractivity contribution in [1.29, 1.82) is 0 Å². The molecule has 2 bridgehead atoms. The van der Waals surface area contributed by atoms with Crippen molar-refractivity contribution in [3.63, 3.8) is 0 Å². The van der Waals surface area contributed by atoms with Crippen molar-refractivity contribution < 1.29 is 52.1 Å². The highest BCUT2D eigenvalue weighted by atomic mass is 19.1. The Labute approximate surface area is 340 Å². The third kappa shape index (κ3) is 7.69. The van der Waals surface area contributed by atoms with Gasteiger partial charge in [0.2, 0.25) is 0 Å². The van der Waals surface area contributed by atoms with E-state index in [-0.39, 0.29) is 101 Å². The van der Waals surface area contributed by atoms with E-state index in [0.717, 1.165) is 0 Å². The quantitative estimate of drug-likeness (QED) is 0.0407. The number of nitro benzene ring substituents is 1. The van der Waals surface area contributed by atoms with Gasteiger partial charge in [0.05, 0.1) is 28.0 Å². The molecule has 60 heavy (non-hydrogen) atoms. The molecule has 5 heterocycles. The average molecular weight is 826 g/mol. The summed E-state index contributed by atoms with van der Waals surface area (Å²) >= 11 is 0. The van der Waals surface area contributed by atoms with E-state index in [1.54, 1.807) is 6.07 Å². The number of carboxylic acid groups (broad SMARTS) is 1. The van der Waals surface area contributed by atoms with Crippen molar-refractivity contribution in [3.05, 3.63) is 82.0 Å². The monoisotopic (exact) mass is 825 g/mol. The van der Waals surface area contributed by atoms with Crippen molar-refractivity contribution in [2.45, 2.75) is 43.5 Å². The predicted molar refractivity (Wildman–Crippen MR) is 210 cm³/mol. The number of hydrogen-bond acceptors (Lipinski definition) is 14. The minimum atomic E-state index is -1.01. The van der Waals surface area contributed by atoms with E-state index in [0.29, 0.717) is 37.0 Å². The van der Waals surface area contributed by atoms with E-state index < -0.39 is 34.9 Å². The van der Waals surface area contributed by atoms with Crippen LogP contribution in [0, 0.1) is 34.1 Å². The molecule has 2 aromatic heterocycles. The number of non-ortho nitro benzene ring substituents is 1. The number of anilines is 1. The lowest BCUT2D eigenvalue weighted by Crippen LogP contribution is -2.55. The summed E-state index contributed by atoms with van der Waals surface area (Å²) in [5.41, 5.74) is -0.456. The molecule has 1 N–H and O–H groups in total. The topological polar surface area (TPSA) is 192 Å². The van der Waals surface area contributed by atoms with Crippen LogP contribution in [-0.4, -0.2) is 118 Å². The zero-order valence-corrected chi connectivity index (χ0v) is 32.2. The number of nitrogens with zero attached hydrogens (tertiary/aromatic N) is 7. The lowest BCUT2D eigenvalue weighted by atomic mass is 9.95. The summed E-state index contributed by atoms with van der Waals surface area (Å²) in [6.45, 7) is 0.782. The molecule has 3 aliphatic rings. The fourth-order valence-corrected chi connectivity index (χ4v) is 8.23. The van der Waals surface area contributed by atoms with E-state index in [1.807, 2.05) is 16.8 Å². The van der Waals surface area contributed by atoms with Crippen LogP contribution in [0.15, 0.2) is 54.7 Å². The third-order valence-corrected chi connectivity index (χ3v) is 11.0. The van der Waals surface area contributed by atoms with Crippen molar-refractivity contribution >= 4 is 45.4 Å². The number of fused-ring (bicyclic) bond motifs is 4. The van der Waals surface area contributed by atoms with Crippen LogP contribution in [0.1, 0.15) is 24.8 Å². The van der Waals surface area contributed by atoms with Gasteiger partial charge in [-0.3, -0.25) is 24.9 Å². The first kappa shape index (κ1) is 39.9.